The van der Waals surface area contributed by atoms with E-state index in [1.54, 1.807) is 12.3 Å². The summed E-state index contributed by atoms with van der Waals surface area (Å²) in [6, 6.07) is 11.9. The molecule has 0 bridgehead atoms. The molecule has 7 heteroatoms. The fourth-order valence-corrected chi connectivity index (χ4v) is 3.81. The first-order valence-corrected chi connectivity index (χ1v) is 9.20. The van der Waals surface area contributed by atoms with Crippen LogP contribution in [0.3, 0.4) is 0 Å². The van der Waals surface area contributed by atoms with Crippen LogP contribution in [0.1, 0.15) is 22.7 Å². The van der Waals surface area contributed by atoms with Crippen LogP contribution in [-0.4, -0.2) is 29.3 Å². The summed E-state index contributed by atoms with van der Waals surface area (Å²) in [6.45, 7) is -0.722. The number of nitrogens with zero attached hydrogens (tertiary/aromatic N) is 1. The first kappa shape index (κ1) is 18.1. The number of ether oxygens (including phenoxy) is 1. The van der Waals surface area contributed by atoms with Gasteiger partial charge in [0, 0.05) is 30.6 Å². The van der Waals surface area contributed by atoms with Crippen molar-refractivity contribution in [1.29, 1.82) is 0 Å². The predicted octanol–water partition coefficient (Wildman–Crippen LogP) is 4.14. The molecule has 0 radical (unpaired) electrons. The Hall–Kier alpha value is -1.73. The average Bonchev–Trinajstić information content (AvgIpc) is 2.81. The first-order valence-electron chi connectivity index (χ1n) is 8.05. The van der Waals surface area contributed by atoms with E-state index in [2.05, 4.69) is 39.3 Å². The Balaban J connectivity index is 1.58. The molecule has 25 heavy (non-hydrogen) atoms. The summed E-state index contributed by atoms with van der Waals surface area (Å²) in [5, 5.41) is 3.53. The number of rotatable bonds is 5. The minimum Gasteiger partial charge on any atom is -0.468 e. The van der Waals surface area contributed by atoms with Gasteiger partial charge in [0.2, 0.25) is 5.88 Å². The van der Waals surface area contributed by atoms with Gasteiger partial charge in [-0.1, -0.05) is 30.3 Å². The topological polar surface area (TPSA) is 34.1 Å². The molecule has 2 aromatic rings. The summed E-state index contributed by atoms with van der Waals surface area (Å²) in [7, 11) is 0. The number of nitrogens with one attached hydrogen (secondary N) is 1. The lowest BCUT2D eigenvalue weighted by Crippen LogP contribution is -2.23. The Morgan fingerprint density at radius 3 is 2.80 bits per heavy atom. The fourth-order valence-electron chi connectivity index (χ4n) is 2.74. The standard InChI is InChI=1S/C18H19F3N2OS/c19-18(20,21)12-24-17-6-5-13(10-23-17)9-22-16-11-25-8-7-14-3-1-2-4-15(14)16/h1-6,10,16,22H,7-9,11-12H2. The van der Waals surface area contributed by atoms with Gasteiger partial charge in [-0.25, -0.2) is 4.98 Å². The number of alkyl halides is 3. The van der Waals surface area contributed by atoms with Crippen LogP contribution in [0.15, 0.2) is 42.6 Å². The number of hydrogen-bond donors (Lipinski definition) is 1. The van der Waals surface area contributed by atoms with E-state index in [0.717, 1.165) is 23.5 Å². The zero-order chi connectivity index (χ0) is 17.7. The normalized spacial score (nSPS) is 17.6. The SMILES string of the molecule is FC(F)(F)COc1ccc(CNC2CSCCc3ccccc32)cn1. The lowest BCUT2D eigenvalue weighted by atomic mass is 9.99. The lowest BCUT2D eigenvalue weighted by molar-refractivity contribution is -0.154. The van der Waals surface area contributed by atoms with E-state index in [4.69, 9.17) is 0 Å². The van der Waals surface area contributed by atoms with Crippen molar-refractivity contribution in [3.8, 4) is 5.88 Å². The first-order chi connectivity index (χ1) is 12.0. The number of fused-ring (bicyclic) bond motifs is 1. The summed E-state index contributed by atoms with van der Waals surface area (Å²) in [4.78, 5) is 3.94. The minimum absolute atomic E-state index is 0.0172. The third-order valence-electron chi connectivity index (χ3n) is 3.96. The number of aryl methyl sites for hydroxylation is 1. The molecular formula is C18H19F3N2OS. The number of thioether (sulfide) groups is 1. The van der Waals surface area contributed by atoms with Crippen LogP contribution in [0.25, 0.3) is 0 Å². The molecule has 1 unspecified atom stereocenters. The maximum absolute atomic E-state index is 12.1. The zero-order valence-electron chi connectivity index (χ0n) is 13.6. The highest BCUT2D eigenvalue weighted by Crippen LogP contribution is 2.27. The highest BCUT2D eigenvalue weighted by Gasteiger charge is 2.28. The number of pyridine rings is 1. The van der Waals surface area contributed by atoms with Gasteiger partial charge in [-0.2, -0.15) is 24.9 Å². The van der Waals surface area contributed by atoms with Crippen LogP contribution >= 0.6 is 11.8 Å². The van der Waals surface area contributed by atoms with Crippen molar-refractivity contribution >= 4 is 11.8 Å². The molecule has 0 saturated heterocycles. The molecule has 3 rings (SSSR count). The quantitative estimate of drug-likeness (QED) is 0.860. The molecule has 134 valence electrons. The maximum Gasteiger partial charge on any atom is 0.422 e. The van der Waals surface area contributed by atoms with Crippen molar-refractivity contribution in [2.45, 2.75) is 25.2 Å². The second-order valence-corrected chi connectivity index (χ2v) is 7.02. The Kier molecular flexibility index (Phi) is 5.86. The van der Waals surface area contributed by atoms with E-state index in [1.165, 1.54) is 17.2 Å². The summed E-state index contributed by atoms with van der Waals surface area (Å²) >= 11 is 1.92. The largest absolute Gasteiger partial charge is 0.468 e. The van der Waals surface area contributed by atoms with Gasteiger partial charge < -0.3 is 10.1 Å². The van der Waals surface area contributed by atoms with E-state index in [1.807, 2.05) is 11.8 Å². The van der Waals surface area contributed by atoms with Gasteiger partial charge in [-0.15, -0.1) is 0 Å². The zero-order valence-corrected chi connectivity index (χ0v) is 14.4. The van der Waals surface area contributed by atoms with E-state index >= 15 is 0 Å². The summed E-state index contributed by atoms with van der Waals surface area (Å²) in [6.07, 6.45) is -1.73. The van der Waals surface area contributed by atoms with Crippen LogP contribution in [0.2, 0.25) is 0 Å². The molecule has 0 spiro atoms. The Bertz CT molecular complexity index is 691. The predicted molar refractivity (Wildman–Crippen MR) is 92.8 cm³/mol. The van der Waals surface area contributed by atoms with Gasteiger partial charge >= 0.3 is 6.18 Å². The van der Waals surface area contributed by atoms with Gasteiger partial charge in [0.1, 0.15) is 0 Å². The molecule has 0 fully saturated rings. The van der Waals surface area contributed by atoms with E-state index < -0.39 is 12.8 Å². The summed E-state index contributed by atoms with van der Waals surface area (Å²) < 4.78 is 41.0. The maximum atomic E-state index is 12.1. The second kappa shape index (κ2) is 8.10. The molecule has 0 amide bonds. The van der Waals surface area contributed by atoms with Crippen LogP contribution in [-0.2, 0) is 13.0 Å². The smallest absolute Gasteiger partial charge is 0.422 e. The molecule has 2 heterocycles. The van der Waals surface area contributed by atoms with E-state index in [0.29, 0.717) is 6.54 Å². The van der Waals surface area contributed by atoms with Crippen molar-refractivity contribution in [3.63, 3.8) is 0 Å². The van der Waals surface area contributed by atoms with Gasteiger partial charge in [-0.3, -0.25) is 0 Å². The number of benzene rings is 1. The summed E-state index contributed by atoms with van der Waals surface area (Å²) in [5.41, 5.74) is 3.61. The molecule has 1 aliphatic heterocycles. The minimum atomic E-state index is -4.35. The molecular weight excluding hydrogens is 349 g/mol. The molecule has 1 N–H and O–H groups in total. The van der Waals surface area contributed by atoms with E-state index in [-0.39, 0.29) is 11.9 Å². The highest BCUT2D eigenvalue weighted by molar-refractivity contribution is 7.99. The molecule has 0 saturated carbocycles. The Morgan fingerprint density at radius 2 is 2.04 bits per heavy atom. The molecule has 0 aliphatic carbocycles. The fraction of sp³-hybridized carbons (Fsp3) is 0.389. The van der Waals surface area contributed by atoms with Gasteiger partial charge in [0.05, 0.1) is 0 Å². The third-order valence-corrected chi connectivity index (χ3v) is 5.03. The van der Waals surface area contributed by atoms with Gasteiger partial charge in [-0.05, 0) is 28.9 Å². The summed E-state index contributed by atoms with van der Waals surface area (Å²) in [5.74, 6) is 2.09. The monoisotopic (exact) mass is 368 g/mol. The van der Waals surface area contributed by atoms with Crippen molar-refractivity contribution in [1.82, 2.24) is 10.3 Å². The Labute approximate surface area is 149 Å². The van der Waals surface area contributed by atoms with Gasteiger partial charge in [0.15, 0.2) is 6.61 Å². The van der Waals surface area contributed by atoms with Crippen molar-refractivity contribution in [3.05, 3.63) is 59.3 Å². The molecule has 3 nitrogen and oxygen atoms in total. The Morgan fingerprint density at radius 1 is 1.20 bits per heavy atom. The molecule has 1 atom stereocenters. The van der Waals surface area contributed by atoms with Crippen molar-refractivity contribution < 1.29 is 17.9 Å². The van der Waals surface area contributed by atoms with Crippen molar-refractivity contribution in [2.24, 2.45) is 0 Å². The number of aromatic nitrogens is 1. The second-order valence-electron chi connectivity index (χ2n) is 5.87. The van der Waals surface area contributed by atoms with Crippen LogP contribution < -0.4 is 10.1 Å². The molecule has 1 aromatic heterocycles. The van der Waals surface area contributed by atoms with Crippen LogP contribution in [0, 0.1) is 0 Å². The lowest BCUT2D eigenvalue weighted by Gasteiger charge is -2.19. The highest BCUT2D eigenvalue weighted by atomic mass is 32.2. The van der Waals surface area contributed by atoms with Gasteiger partial charge in [0.25, 0.3) is 0 Å². The van der Waals surface area contributed by atoms with Crippen LogP contribution in [0.4, 0.5) is 13.2 Å². The molecule has 1 aliphatic rings. The molecule has 1 aromatic carbocycles. The third kappa shape index (κ3) is 5.37. The van der Waals surface area contributed by atoms with Crippen LogP contribution in [0.5, 0.6) is 5.88 Å². The van der Waals surface area contributed by atoms with Crippen molar-refractivity contribution in [2.75, 3.05) is 18.1 Å². The average molecular weight is 368 g/mol. The number of hydrogen-bond acceptors (Lipinski definition) is 4. The van der Waals surface area contributed by atoms with E-state index in [9.17, 15) is 13.2 Å². The number of halogens is 3.